The largest absolute Gasteiger partial charge is 0.383 e. The summed E-state index contributed by atoms with van der Waals surface area (Å²) in [6, 6.07) is 6.82. The number of ketones is 1. The molecule has 1 unspecified atom stereocenters. The minimum atomic E-state index is -3.39. The lowest BCUT2D eigenvalue weighted by Crippen LogP contribution is -2.41. The summed E-state index contributed by atoms with van der Waals surface area (Å²) < 4.78 is 30.4. The molecule has 0 spiro atoms. The zero-order valence-corrected chi connectivity index (χ0v) is 19.6. The first-order valence-corrected chi connectivity index (χ1v) is 11.9. The number of ether oxygens (including phenoxy) is 1. The first kappa shape index (κ1) is 23.7. The summed E-state index contributed by atoms with van der Waals surface area (Å²) in [5.41, 5.74) is 1.11. The van der Waals surface area contributed by atoms with Crippen molar-refractivity contribution in [3.05, 3.63) is 52.8 Å². The molecule has 0 bridgehead atoms. The second-order valence-corrected chi connectivity index (χ2v) is 10.1. The molecule has 3 amide bonds. The second kappa shape index (κ2) is 8.51. The molecule has 1 aromatic heterocycles. The molecular formula is C22H27N3O6S. The number of Topliss-reactive ketones (excluding diaryl/α,β-unsaturated/α-hetero) is 1. The number of carbonyl (C=O) groups excluding carboxylic acids is 3. The maximum atomic E-state index is 13.1. The molecule has 1 saturated heterocycles. The quantitative estimate of drug-likeness (QED) is 0.474. The molecule has 1 atom stereocenters. The highest BCUT2D eigenvalue weighted by atomic mass is 32.2. The average molecular weight is 462 g/mol. The van der Waals surface area contributed by atoms with Crippen LogP contribution >= 0.6 is 0 Å². The van der Waals surface area contributed by atoms with Gasteiger partial charge in [-0.15, -0.1) is 0 Å². The van der Waals surface area contributed by atoms with E-state index in [0.717, 1.165) is 22.5 Å². The minimum absolute atomic E-state index is 0.109. The van der Waals surface area contributed by atoms with Gasteiger partial charge in [0, 0.05) is 36.9 Å². The summed E-state index contributed by atoms with van der Waals surface area (Å²) in [4.78, 5) is 39.7. The van der Waals surface area contributed by atoms with E-state index < -0.39 is 33.9 Å². The van der Waals surface area contributed by atoms with Crippen molar-refractivity contribution < 1.29 is 27.5 Å². The highest BCUT2D eigenvalue weighted by Gasteiger charge is 2.49. The van der Waals surface area contributed by atoms with E-state index in [1.165, 1.54) is 31.2 Å². The van der Waals surface area contributed by atoms with Crippen molar-refractivity contribution in [3.63, 3.8) is 0 Å². The minimum Gasteiger partial charge on any atom is -0.383 e. The van der Waals surface area contributed by atoms with Crippen LogP contribution in [0.3, 0.4) is 0 Å². The lowest BCUT2D eigenvalue weighted by molar-refractivity contribution is -0.130. The van der Waals surface area contributed by atoms with E-state index in [2.05, 4.69) is 5.32 Å². The van der Waals surface area contributed by atoms with Crippen LogP contribution in [-0.4, -0.2) is 62.1 Å². The van der Waals surface area contributed by atoms with Crippen LogP contribution in [0, 0.1) is 13.8 Å². The van der Waals surface area contributed by atoms with Crippen LogP contribution in [0.1, 0.15) is 34.2 Å². The predicted octanol–water partition coefficient (Wildman–Crippen LogP) is 1.80. The number of aryl methyl sites for hydroxylation is 1. The van der Waals surface area contributed by atoms with Crippen molar-refractivity contribution in [2.24, 2.45) is 0 Å². The summed E-state index contributed by atoms with van der Waals surface area (Å²) in [6.45, 7) is 5.92. The summed E-state index contributed by atoms with van der Waals surface area (Å²) in [7, 11) is -1.79. The van der Waals surface area contributed by atoms with Gasteiger partial charge in [-0.3, -0.25) is 14.5 Å². The van der Waals surface area contributed by atoms with Crippen LogP contribution < -0.4 is 5.32 Å². The van der Waals surface area contributed by atoms with E-state index in [9.17, 15) is 22.8 Å². The number of hydrogen-bond acceptors (Lipinski definition) is 6. The van der Waals surface area contributed by atoms with Crippen LogP contribution in [0.2, 0.25) is 0 Å². The Morgan fingerprint density at radius 3 is 2.34 bits per heavy atom. The monoisotopic (exact) mass is 461 g/mol. The summed E-state index contributed by atoms with van der Waals surface area (Å²) in [5, 5.41) is 2.63. The molecule has 1 N–H and O–H groups in total. The lowest BCUT2D eigenvalue weighted by atomic mass is 9.92. The van der Waals surface area contributed by atoms with Crippen LogP contribution in [0.4, 0.5) is 4.79 Å². The number of hydrogen-bond donors (Lipinski definition) is 1. The molecule has 3 rings (SSSR count). The molecular weight excluding hydrogens is 434 g/mol. The normalized spacial score (nSPS) is 18.8. The molecule has 0 radical (unpaired) electrons. The molecule has 32 heavy (non-hydrogen) atoms. The van der Waals surface area contributed by atoms with Gasteiger partial charge in [-0.1, -0.05) is 12.1 Å². The number of benzene rings is 1. The molecule has 0 aliphatic carbocycles. The molecule has 1 aliphatic rings. The highest BCUT2D eigenvalue weighted by molar-refractivity contribution is 7.90. The first-order valence-electron chi connectivity index (χ1n) is 10.0. The van der Waals surface area contributed by atoms with Gasteiger partial charge >= 0.3 is 6.03 Å². The number of carbonyl (C=O) groups is 3. The van der Waals surface area contributed by atoms with E-state index in [1.807, 2.05) is 18.4 Å². The number of sulfone groups is 1. The molecule has 1 aromatic carbocycles. The summed E-state index contributed by atoms with van der Waals surface area (Å²) >= 11 is 0. The summed E-state index contributed by atoms with van der Waals surface area (Å²) in [6.07, 6.45) is 1.09. The number of urea groups is 1. The molecule has 9 nitrogen and oxygen atoms in total. The topological polar surface area (TPSA) is 115 Å². The van der Waals surface area contributed by atoms with Crippen molar-refractivity contribution >= 4 is 27.6 Å². The van der Waals surface area contributed by atoms with Gasteiger partial charge in [0.1, 0.15) is 5.54 Å². The highest BCUT2D eigenvalue weighted by Crippen LogP contribution is 2.30. The van der Waals surface area contributed by atoms with E-state index >= 15 is 0 Å². The zero-order chi connectivity index (χ0) is 23.8. The fraction of sp³-hybridized carbons (Fsp3) is 0.409. The third-order valence-corrected chi connectivity index (χ3v) is 6.96. The third-order valence-electron chi connectivity index (χ3n) is 5.83. The van der Waals surface area contributed by atoms with Gasteiger partial charge in [0.2, 0.25) is 0 Å². The van der Waals surface area contributed by atoms with Gasteiger partial charge in [0.25, 0.3) is 5.91 Å². The molecule has 1 fully saturated rings. The number of nitrogens with zero attached hydrogens (tertiary/aromatic N) is 2. The average Bonchev–Trinajstić information content (AvgIpc) is 3.13. The van der Waals surface area contributed by atoms with Crippen LogP contribution in [0.5, 0.6) is 0 Å². The Morgan fingerprint density at radius 1 is 1.16 bits per heavy atom. The number of rotatable bonds is 8. The zero-order valence-electron chi connectivity index (χ0n) is 18.8. The Morgan fingerprint density at radius 2 is 1.78 bits per heavy atom. The standard InChI is InChI=1S/C22H27N3O6S/c1-14-12-18(15(2)24(14)10-11-31-4)19(26)13-25-20(27)22(3,23-21(25)28)16-6-8-17(9-7-16)32(5,29)30/h6-9,12H,10-11,13H2,1-5H3,(H,23,28). The number of aromatic nitrogens is 1. The van der Waals surface area contributed by atoms with E-state index in [4.69, 9.17) is 4.74 Å². The molecule has 172 valence electrons. The number of imide groups is 1. The van der Waals surface area contributed by atoms with Crippen molar-refractivity contribution in [1.29, 1.82) is 0 Å². The molecule has 1 aliphatic heterocycles. The SMILES string of the molecule is COCCn1c(C)cc(C(=O)CN2C(=O)NC(C)(c3ccc(S(C)(=O)=O)cc3)C2=O)c1C. The smallest absolute Gasteiger partial charge is 0.325 e. The molecule has 10 heteroatoms. The summed E-state index contributed by atoms with van der Waals surface area (Å²) in [5.74, 6) is -0.918. The van der Waals surface area contributed by atoms with Gasteiger partial charge in [-0.05, 0) is 44.5 Å². The second-order valence-electron chi connectivity index (χ2n) is 8.10. The van der Waals surface area contributed by atoms with Gasteiger partial charge in [-0.2, -0.15) is 0 Å². The third kappa shape index (κ3) is 4.20. The number of nitrogens with one attached hydrogen (secondary N) is 1. The van der Waals surface area contributed by atoms with Gasteiger partial charge in [0.15, 0.2) is 15.6 Å². The maximum absolute atomic E-state index is 13.1. The van der Waals surface area contributed by atoms with E-state index in [1.54, 1.807) is 13.2 Å². The fourth-order valence-electron chi connectivity index (χ4n) is 3.91. The maximum Gasteiger partial charge on any atom is 0.325 e. The van der Waals surface area contributed by atoms with Crippen LogP contribution in [0.25, 0.3) is 0 Å². The lowest BCUT2D eigenvalue weighted by Gasteiger charge is -2.22. The fourth-order valence-corrected chi connectivity index (χ4v) is 4.54. The Balaban J connectivity index is 1.83. The van der Waals surface area contributed by atoms with Gasteiger partial charge in [0.05, 0.1) is 18.0 Å². The Hall–Kier alpha value is -2.98. The first-order chi connectivity index (χ1) is 14.9. The van der Waals surface area contributed by atoms with Crippen LogP contribution in [0.15, 0.2) is 35.2 Å². The van der Waals surface area contributed by atoms with Crippen molar-refractivity contribution in [3.8, 4) is 0 Å². The van der Waals surface area contributed by atoms with E-state index in [-0.39, 0.29) is 10.7 Å². The number of methoxy groups -OCH3 is 1. The Bertz CT molecular complexity index is 1180. The van der Waals surface area contributed by atoms with E-state index in [0.29, 0.717) is 24.3 Å². The molecule has 2 aromatic rings. The molecule has 2 heterocycles. The van der Waals surface area contributed by atoms with Crippen LogP contribution in [-0.2, 0) is 31.5 Å². The Kier molecular flexibility index (Phi) is 6.30. The number of amides is 3. The van der Waals surface area contributed by atoms with Gasteiger partial charge in [-0.25, -0.2) is 13.2 Å². The van der Waals surface area contributed by atoms with Crippen molar-refractivity contribution in [2.75, 3.05) is 26.5 Å². The predicted molar refractivity (Wildman–Crippen MR) is 117 cm³/mol. The Labute approximate surface area is 187 Å². The van der Waals surface area contributed by atoms with Crippen molar-refractivity contribution in [2.45, 2.75) is 37.8 Å². The van der Waals surface area contributed by atoms with Crippen molar-refractivity contribution in [1.82, 2.24) is 14.8 Å². The van der Waals surface area contributed by atoms with Gasteiger partial charge < -0.3 is 14.6 Å². The molecule has 0 saturated carbocycles.